The number of aromatic amines is 1. The summed E-state index contributed by atoms with van der Waals surface area (Å²) in [6.07, 6.45) is 7.15. The fourth-order valence-corrected chi connectivity index (χ4v) is 5.03. The Hall–Kier alpha value is -1.76. The second-order valence-corrected chi connectivity index (χ2v) is 8.55. The summed E-state index contributed by atoms with van der Waals surface area (Å²) in [4.78, 5) is 44.7. The highest BCUT2D eigenvalue weighted by Gasteiger charge is 2.40. The first-order chi connectivity index (χ1) is 12.6. The first kappa shape index (κ1) is 17.6. The van der Waals surface area contributed by atoms with E-state index in [-0.39, 0.29) is 22.9 Å². The Morgan fingerprint density at radius 2 is 2.00 bits per heavy atom. The number of likely N-dealkylation sites (N-methyl/N-ethyl adjacent to an activating group) is 1. The molecule has 2 aliphatic carbocycles. The second kappa shape index (κ2) is 7.10. The lowest BCUT2D eigenvalue weighted by atomic mass is 10.1. The van der Waals surface area contributed by atoms with Gasteiger partial charge in [-0.1, -0.05) is 6.42 Å². The van der Waals surface area contributed by atoms with Crippen LogP contribution in [-0.4, -0.2) is 57.4 Å². The summed E-state index contributed by atoms with van der Waals surface area (Å²) < 4.78 is 0. The van der Waals surface area contributed by atoms with Crippen molar-refractivity contribution in [2.75, 3.05) is 18.7 Å². The summed E-state index contributed by atoms with van der Waals surface area (Å²) >= 11 is 1.57. The summed E-state index contributed by atoms with van der Waals surface area (Å²) in [5, 5.41) is 0. The van der Waals surface area contributed by atoms with Crippen molar-refractivity contribution in [2.45, 2.75) is 57.0 Å². The van der Waals surface area contributed by atoms with Crippen molar-refractivity contribution in [3.8, 4) is 0 Å². The smallest absolute Gasteiger partial charge is 0.261 e. The second-order valence-electron chi connectivity index (χ2n) is 7.55. The molecule has 6 nitrogen and oxygen atoms in total. The van der Waals surface area contributed by atoms with Crippen molar-refractivity contribution in [2.24, 2.45) is 0 Å². The zero-order chi connectivity index (χ0) is 18.3. The molecule has 140 valence electrons. The van der Waals surface area contributed by atoms with E-state index >= 15 is 0 Å². The number of thioether (sulfide) groups is 1. The van der Waals surface area contributed by atoms with Gasteiger partial charge in [0.15, 0.2) is 0 Å². The molecule has 26 heavy (non-hydrogen) atoms. The van der Waals surface area contributed by atoms with Gasteiger partial charge in [0, 0.05) is 24.5 Å². The molecule has 1 saturated heterocycles. The summed E-state index contributed by atoms with van der Waals surface area (Å²) in [6.45, 7) is 0. The maximum absolute atomic E-state index is 13.1. The van der Waals surface area contributed by atoms with E-state index in [1.807, 2.05) is 7.05 Å². The van der Waals surface area contributed by atoms with E-state index in [0.29, 0.717) is 17.7 Å². The molecule has 1 aliphatic heterocycles. The molecule has 1 saturated carbocycles. The highest BCUT2D eigenvalue weighted by molar-refractivity contribution is 7.99. The van der Waals surface area contributed by atoms with Gasteiger partial charge < -0.3 is 14.8 Å². The number of carbonyl (C=O) groups is 2. The lowest BCUT2D eigenvalue weighted by molar-refractivity contribution is -0.134. The Kier molecular flexibility index (Phi) is 4.82. The number of nitrogens with zero attached hydrogens (tertiary/aromatic N) is 2. The molecular weight excluding hydrogens is 350 g/mol. The van der Waals surface area contributed by atoms with Gasteiger partial charge in [0.2, 0.25) is 5.91 Å². The molecule has 1 aromatic rings. The maximum atomic E-state index is 13.1. The van der Waals surface area contributed by atoms with Gasteiger partial charge in [0.25, 0.3) is 11.5 Å². The van der Waals surface area contributed by atoms with E-state index in [9.17, 15) is 14.4 Å². The van der Waals surface area contributed by atoms with Crippen molar-refractivity contribution >= 4 is 23.6 Å². The molecule has 0 aromatic carbocycles. The molecule has 1 unspecified atom stereocenters. The maximum Gasteiger partial charge on any atom is 0.261 e. The Bertz CT molecular complexity index is 787. The number of nitrogens with one attached hydrogen (secondary N) is 1. The summed E-state index contributed by atoms with van der Waals surface area (Å²) in [6, 6.07) is 1.63. The van der Waals surface area contributed by atoms with Crippen molar-refractivity contribution in [1.82, 2.24) is 14.8 Å². The Balaban J connectivity index is 1.59. The van der Waals surface area contributed by atoms with Crippen LogP contribution < -0.4 is 5.56 Å². The Morgan fingerprint density at radius 1 is 1.23 bits per heavy atom. The average Bonchev–Trinajstić information content (AvgIpc) is 3.41. The number of pyridine rings is 1. The van der Waals surface area contributed by atoms with Gasteiger partial charge in [0.1, 0.15) is 11.6 Å². The first-order valence-electron chi connectivity index (χ1n) is 9.46. The van der Waals surface area contributed by atoms with E-state index in [0.717, 1.165) is 56.2 Å². The Morgan fingerprint density at radius 3 is 2.77 bits per heavy atom. The minimum atomic E-state index is -0.462. The number of hydrogen-bond donors (Lipinski definition) is 1. The predicted octanol–water partition coefficient (Wildman–Crippen LogP) is 1.78. The number of hydrogen-bond acceptors (Lipinski definition) is 4. The molecule has 2 heterocycles. The van der Waals surface area contributed by atoms with Crippen LogP contribution in [0, 0.1) is 0 Å². The fourth-order valence-electron chi connectivity index (χ4n) is 3.89. The molecule has 7 heteroatoms. The number of H-pyrrole nitrogens is 1. The van der Waals surface area contributed by atoms with Gasteiger partial charge in [-0.05, 0) is 50.2 Å². The summed E-state index contributed by atoms with van der Waals surface area (Å²) in [5.41, 5.74) is 1.91. The minimum absolute atomic E-state index is 0.00274. The van der Waals surface area contributed by atoms with Crippen LogP contribution in [0.25, 0.3) is 0 Å². The third kappa shape index (κ3) is 3.29. The average molecular weight is 375 g/mol. The van der Waals surface area contributed by atoms with Crippen molar-refractivity contribution < 1.29 is 9.59 Å². The lowest BCUT2D eigenvalue weighted by Gasteiger charge is -2.27. The van der Waals surface area contributed by atoms with Crippen LogP contribution in [0.3, 0.4) is 0 Å². The van der Waals surface area contributed by atoms with E-state index in [1.54, 1.807) is 27.6 Å². The normalized spacial score (nSPS) is 22.7. The van der Waals surface area contributed by atoms with Crippen LogP contribution in [0.1, 0.15) is 53.7 Å². The van der Waals surface area contributed by atoms with Crippen molar-refractivity contribution in [3.63, 3.8) is 0 Å². The highest BCUT2D eigenvalue weighted by atomic mass is 32.2. The van der Waals surface area contributed by atoms with E-state index < -0.39 is 6.04 Å². The topological polar surface area (TPSA) is 73.5 Å². The van der Waals surface area contributed by atoms with Crippen LogP contribution in [0.15, 0.2) is 10.9 Å². The predicted molar refractivity (Wildman–Crippen MR) is 101 cm³/mol. The number of rotatable bonds is 3. The summed E-state index contributed by atoms with van der Waals surface area (Å²) in [5.74, 6) is 0.747. The van der Waals surface area contributed by atoms with Crippen LogP contribution in [0.2, 0.25) is 0 Å². The fraction of sp³-hybridized carbons (Fsp3) is 0.632. The highest BCUT2D eigenvalue weighted by Crippen LogP contribution is 2.30. The van der Waals surface area contributed by atoms with Crippen LogP contribution in [0.4, 0.5) is 0 Å². The van der Waals surface area contributed by atoms with E-state index in [1.165, 1.54) is 0 Å². The number of aromatic nitrogens is 1. The minimum Gasteiger partial charge on any atom is -0.341 e. The van der Waals surface area contributed by atoms with Gasteiger partial charge in [-0.3, -0.25) is 14.4 Å². The number of amides is 2. The van der Waals surface area contributed by atoms with E-state index in [2.05, 4.69) is 4.98 Å². The molecular formula is C19H25N3O3S. The third-order valence-corrected chi connectivity index (χ3v) is 6.70. The molecule has 1 N–H and O–H groups in total. The summed E-state index contributed by atoms with van der Waals surface area (Å²) in [7, 11) is 1.82. The number of fused-ring (bicyclic) bond motifs is 1. The van der Waals surface area contributed by atoms with Crippen LogP contribution in [0.5, 0.6) is 0 Å². The SMILES string of the molecule is CN(C(=O)C1CSCN1C(=O)c1cc2c([nH]c1=O)CCCCC2)C1CC1. The zero-order valence-electron chi connectivity index (χ0n) is 15.1. The quantitative estimate of drug-likeness (QED) is 0.818. The van der Waals surface area contributed by atoms with Gasteiger partial charge >= 0.3 is 0 Å². The number of aryl methyl sites for hydroxylation is 2. The van der Waals surface area contributed by atoms with Gasteiger partial charge in [-0.25, -0.2) is 0 Å². The zero-order valence-corrected chi connectivity index (χ0v) is 15.9. The molecule has 0 radical (unpaired) electrons. The lowest BCUT2D eigenvalue weighted by Crippen LogP contribution is -2.49. The monoisotopic (exact) mass is 375 g/mol. The Labute approximate surface area is 157 Å². The molecule has 0 bridgehead atoms. The molecule has 1 atom stereocenters. The van der Waals surface area contributed by atoms with Crippen molar-refractivity contribution in [3.05, 3.63) is 33.2 Å². The molecule has 0 spiro atoms. The first-order valence-corrected chi connectivity index (χ1v) is 10.6. The van der Waals surface area contributed by atoms with Gasteiger partial charge in [-0.2, -0.15) is 0 Å². The largest absolute Gasteiger partial charge is 0.341 e. The van der Waals surface area contributed by atoms with Crippen molar-refractivity contribution in [1.29, 1.82) is 0 Å². The molecule has 1 aromatic heterocycles. The number of carbonyl (C=O) groups excluding carboxylic acids is 2. The molecule has 3 aliphatic rings. The molecule has 4 rings (SSSR count). The van der Waals surface area contributed by atoms with E-state index in [4.69, 9.17) is 0 Å². The van der Waals surface area contributed by atoms with Gasteiger partial charge in [-0.15, -0.1) is 11.8 Å². The standard InChI is InChI=1S/C19H25N3O3S/c1-21(13-7-8-13)19(25)16-10-26-11-22(16)18(24)14-9-12-5-3-2-4-6-15(12)20-17(14)23/h9,13,16H,2-8,10-11H2,1H3,(H,20,23). The van der Waals surface area contributed by atoms with Crippen LogP contribution >= 0.6 is 11.8 Å². The van der Waals surface area contributed by atoms with Gasteiger partial charge in [0.05, 0.1) is 5.88 Å². The molecule has 2 amide bonds. The molecule has 2 fully saturated rings. The van der Waals surface area contributed by atoms with Crippen LogP contribution in [-0.2, 0) is 17.6 Å². The third-order valence-electron chi connectivity index (χ3n) is 5.69.